The largest absolute Gasteiger partial charge is 0.228 e. The maximum absolute atomic E-state index is 5.17. The summed E-state index contributed by atoms with van der Waals surface area (Å²) in [5, 5.41) is 0. The number of hydrogen-bond acceptors (Lipinski definition) is 2. The lowest BCUT2D eigenvalue weighted by Gasteiger charge is -2.32. The second-order valence-corrected chi connectivity index (χ2v) is 15.1. The van der Waals surface area contributed by atoms with Crippen LogP contribution in [0, 0.1) is 0 Å². The molecule has 0 bridgehead atoms. The predicted octanol–water partition coefficient (Wildman–Crippen LogP) is 13.3. The van der Waals surface area contributed by atoms with Crippen molar-refractivity contribution >= 4 is 11.1 Å². The number of hydrogen-bond donors (Lipinski definition) is 0. The van der Waals surface area contributed by atoms with Crippen LogP contribution < -0.4 is 0 Å². The van der Waals surface area contributed by atoms with Crippen LogP contribution in [0.3, 0.4) is 0 Å². The van der Waals surface area contributed by atoms with Crippen molar-refractivity contribution < 1.29 is 0 Å². The average molecular weight is 703 g/mol. The summed E-state index contributed by atoms with van der Waals surface area (Å²) < 4.78 is 0. The van der Waals surface area contributed by atoms with Crippen LogP contribution in [0.4, 0.5) is 0 Å². The van der Waals surface area contributed by atoms with Crippen LogP contribution in [0.25, 0.3) is 67.2 Å². The first-order chi connectivity index (χ1) is 27.3. The first-order valence-corrected chi connectivity index (χ1v) is 19.5. The van der Waals surface area contributed by atoms with Crippen molar-refractivity contribution in [2.45, 2.75) is 31.1 Å². The fourth-order valence-electron chi connectivity index (χ4n) is 9.68. The second-order valence-electron chi connectivity index (χ2n) is 15.1. The van der Waals surface area contributed by atoms with E-state index in [9.17, 15) is 0 Å². The number of fused-ring (bicyclic) bond motifs is 9. The van der Waals surface area contributed by atoms with E-state index < -0.39 is 0 Å². The Bertz CT molecular complexity index is 2810. The summed E-state index contributed by atoms with van der Waals surface area (Å²) in [6.07, 6.45) is 15.5. The van der Waals surface area contributed by atoms with Crippen molar-refractivity contribution in [2.75, 3.05) is 0 Å². The van der Waals surface area contributed by atoms with Gasteiger partial charge in [-0.25, -0.2) is 9.97 Å². The van der Waals surface area contributed by atoms with Gasteiger partial charge in [0.2, 0.25) is 0 Å². The summed E-state index contributed by atoms with van der Waals surface area (Å²) in [7, 11) is 0. The molecule has 0 amide bonds. The summed E-state index contributed by atoms with van der Waals surface area (Å²) in [6, 6.07) is 55.6. The summed E-state index contributed by atoms with van der Waals surface area (Å²) in [4.78, 5) is 10.3. The number of benzene rings is 6. The van der Waals surface area contributed by atoms with E-state index in [4.69, 9.17) is 9.97 Å². The minimum atomic E-state index is -0.312. The monoisotopic (exact) mass is 702 g/mol. The van der Waals surface area contributed by atoms with Crippen LogP contribution in [-0.2, 0) is 5.41 Å². The molecule has 0 fully saturated rings. The Balaban J connectivity index is 1.04. The van der Waals surface area contributed by atoms with Crippen molar-refractivity contribution in [3.05, 3.63) is 216 Å². The third kappa shape index (κ3) is 4.95. The van der Waals surface area contributed by atoms with Crippen molar-refractivity contribution in [3.63, 3.8) is 0 Å². The molecule has 0 aliphatic heterocycles. The van der Waals surface area contributed by atoms with Gasteiger partial charge < -0.3 is 0 Å². The van der Waals surface area contributed by atoms with Gasteiger partial charge in [-0.1, -0.05) is 164 Å². The van der Waals surface area contributed by atoms with Crippen molar-refractivity contribution in [1.82, 2.24) is 9.97 Å². The molecule has 1 atom stereocenters. The Labute approximate surface area is 322 Å². The van der Waals surface area contributed by atoms with E-state index in [1.54, 1.807) is 0 Å². The molecule has 55 heavy (non-hydrogen) atoms. The number of nitrogens with zero attached hydrogens (tertiary/aromatic N) is 2. The van der Waals surface area contributed by atoms with Gasteiger partial charge in [-0.15, -0.1) is 0 Å². The molecular formula is C53H38N2. The number of rotatable bonds is 5. The zero-order valence-corrected chi connectivity index (χ0v) is 30.5. The molecule has 1 unspecified atom stereocenters. The molecule has 11 rings (SSSR count). The van der Waals surface area contributed by atoms with Crippen molar-refractivity contribution in [2.24, 2.45) is 0 Å². The van der Waals surface area contributed by atoms with Gasteiger partial charge in [0.15, 0.2) is 5.82 Å². The van der Waals surface area contributed by atoms with Crippen LogP contribution in [-0.4, -0.2) is 9.97 Å². The van der Waals surface area contributed by atoms with Crippen LogP contribution in [0.15, 0.2) is 188 Å². The second kappa shape index (κ2) is 12.7. The van der Waals surface area contributed by atoms with Crippen molar-refractivity contribution in [3.8, 4) is 56.0 Å². The predicted molar refractivity (Wildman–Crippen MR) is 227 cm³/mol. The molecule has 0 saturated carbocycles. The Morgan fingerprint density at radius 2 is 1.07 bits per heavy atom. The SMILES string of the molecule is C1=CCCC(c2cc(-c3ccccc3)nc(-c3cccc(-c4cccc(-c5cccc6c5-c5ccccc5C65C6=C(CCC=C6)c6ccccc65)c4)c3)n2)=C1. The lowest BCUT2D eigenvalue weighted by Crippen LogP contribution is -2.27. The molecule has 6 aromatic carbocycles. The van der Waals surface area contributed by atoms with Gasteiger partial charge >= 0.3 is 0 Å². The average Bonchev–Trinajstić information content (AvgIpc) is 3.75. The zero-order chi connectivity index (χ0) is 36.3. The van der Waals surface area contributed by atoms with Gasteiger partial charge in [-0.05, 0) is 116 Å². The van der Waals surface area contributed by atoms with Gasteiger partial charge in [0, 0.05) is 11.1 Å². The lowest BCUT2D eigenvalue weighted by atomic mass is 9.69. The highest BCUT2D eigenvalue weighted by atomic mass is 14.9. The molecule has 2 nitrogen and oxygen atoms in total. The van der Waals surface area contributed by atoms with Gasteiger partial charge in [0.1, 0.15) is 0 Å². The fraction of sp³-hybridized carbons (Fsp3) is 0.0943. The van der Waals surface area contributed by atoms with Crippen molar-refractivity contribution in [1.29, 1.82) is 0 Å². The Hall–Kier alpha value is -6.64. The molecule has 4 aliphatic rings. The minimum Gasteiger partial charge on any atom is -0.228 e. The molecule has 1 spiro atoms. The fourth-order valence-corrected chi connectivity index (χ4v) is 9.68. The highest BCUT2D eigenvalue weighted by molar-refractivity contribution is 6.00. The third-order valence-electron chi connectivity index (χ3n) is 12.1. The van der Waals surface area contributed by atoms with Gasteiger partial charge in [-0.2, -0.15) is 0 Å². The Morgan fingerprint density at radius 1 is 0.455 bits per heavy atom. The first kappa shape index (κ1) is 31.8. The zero-order valence-electron chi connectivity index (χ0n) is 30.5. The highest BCUT2D eigenvalue weighted by Crippen LogP contribution is 2.64. The van der Waals surface area contributed by atoms with Gasteiger partial charge in [0.25, 0.3) is 0 Å². The van der Waals surface area contributed by atoms with E-state index in [0.717, 1.165) is 59.6 Å². The van der Waals surface area contributed by atoms with Crippen LogP contribution in [0.1, 0.15) is 53.6 Å². The molecule has 1 heterocycles. The summed E-state index contributed by atoms with van der Waals surface area (Å²) in [5.74, 6) is 0.745. The molecule has 0 radical (unpaired) electrons. The third-order valence-corrected chi connectivity index (χ3v) is 12.1. The first-order valence-electron chi connectivity index (χ1n) is 19.5. The van der Waals surface area contributed by atoms with Crippen LogP contribution in [0.2, 0.25) is 0 Å². The quantitative estimate of drug-likeness (QED) is 0.178. The number of aromatic nitrogens is 2. The van der Waals surface area contributed by atoms with E-state index in [-0.39, 0.29) is 5.41 Å². The summed E-state index contributed by atoms with van der Waals surface area (Å²) in [6.45, 7) is 0. The number of allylic oxidation sites excluding steroid dienone is 8. The Kier molecular flexibility index (Phi) is 7.38. The van der Waals surface area contributed by atoms with E-state index in [1.807, 2.05) is 6.07 Å². The molecule has 1 aromatic heterocycles. The maximum atomic E-state index is 5.17. The van der Waals surface area contributed by atoms with Gasteiger partial charge in [-0.3, -0.25) is 0 Å². The van der Waals surface area contributed by atoms with E-state index in [0.29, 0.717) is 0 Å². The topological polar surface area (TPSA) is 25.8 Å². The molecule has 4 aliphatic carbocycles. The molecule has 0 saturated heterocycles. The normalized spacial score (nSPS) is 17.5. The summed E-state index contributed by atoms with van der Waals surface area (Å²) in [5.41, 5.74) is 21.0. The van der Waals surface area contributed by atoms with E-state index in [1.165, 1.54) is 66.8 Å². The maximum Gasteiger partial charge on any atom is 0.160 e. The van der Waals surface area contributed by atoms with Crippen LogP contribution >= 0.6 is 0 Å². The summed E-state index contributed by atoms with van der Waals surface area (Å²) >= 11 is 0. The minimum absolute atomic E-state index is 0.312. The highest BCUT2D eigenvalue weighted by Gasteiger charge is 2.52. The molecular weight excluding hydrogens is 665 g/mol. The molecule has 260 valence electrons. The molecule has 2 heteroatoms. The van der Waals surface area contributed by atoms with E-state index in [2.05, 4.69) is 176 Å². The van der Waals surface area contributed by atoms with Crippen LogP contribution in [0.5, 0.6) is 0 Å². The molecule has 0 N–H and O–H groups in total. The van der Waals surface area contributed by atoms with E-state index >= 15 is 0 Å². The Morgan fingerprint density at radius 3 is 1.89 bits per heavy atom. The standard InChI is InChI=1S/C53H38N2/c1-3-16-35(17-4-1)49-34-50(36-18-5-2-6-19-36)55-52(54-49)40-23-14-21-38(33-40)37-20-13-22-39(32-37)41-27-15-31-48-51(41)44-26-9-12-30-47(44)53(48)45-28-10-7-24-42(45)43-25-8-11-29-46(43)53/h1-5,7,9-18,20-24,26-34H,6,8,19,25H2. The van der Waals surface area contributed by atoms with Gasteiger partial charge in [0.05, 0.1) is 16.8 Å². The molecule has 7 aromatic rings. The lowest BCUT2D eigenvalue weighted by molar-refractivity contribution is 0.780. The smallest absolute Gasteiger partial charge is 0.160 e.